The van der Waals surface area contributed by atoms with E-state index in [1.165, 1.54) is 24.1 Å². The Hall–Kier alpha value is -3.44. The molecule has 0 spiro atoms. The van der Waals surface area contributed by atoms with Crippen molar-refractivity contribution in [1.82, 2.24) is 4.31 Å². The number of para-hydroxylation sites is 2. The molecule has 0 aliphatic carbocycles. The zero-order valence-corrected chi connectivity index (χ0v) is 17.7. The molecule has 4 rings (SSSR count). The zero-order chi connectivity index (χ0) is 22.3. The smallest absolute Gasteiger partial charge is 0.262 e. The van der Waals surface area contributed by atoms with E-state index in [1.807, 2.05) is 0 Å². The first-order chi connectivity index (χ1) is 14.7. The van der Waals surface area contributed by atoms with Gasteiger partial charge in [0.2, 0.25) is 21.8 Å². The van der Waals surface area contributed by atoms with Crippen LogP contribution in [-0.2, 0) is 24.4 Å². The molecule has 10 nitrogen and oxygen atoms in total. The van der Waals surface area contributed by atoms with Crippen LogP contribution in [0.3, 0.4) is 0 Å². The molecule has 2 aromatic rings. The van der Waals surface area contributed by atoms with Gasteiger partial charge in [-0.1, -0.05) is 12.1 Å². The van der Waals surface area contributed by atoms with Gasteiger partial charge in [0.1, 0.15) is 12.3 Å². The fourth-order valence-electron chi connectivity index (χ4n) is 3.48. The molecule has 3 amide bonds. The van der Waals surface area contributed by atoms with Crippen LogP contribution < -0.4 is 20.3 Å². The summed E-state index contributed by atoms with van der Waals surface area (Å²) in [4.78, 5) is 37.6. The van der Waals surface area contributed by atoms with Gasteiger partial charge in [-0.05, 0) is 30.7 Å². The Morgan fingerprint density at radius 1 is 1.13 bits per heavy atom. The van der Waals surface area contributed by atoms with Crippen LogP contribution >= 0.6 is 0 Å². The maximum atomic E-state index is 13.2. The highest BCUT2D eigenvalue weighted by atomic mass is 32.2. The van der Waals surface area contributed by atoms with Crippen LogP contribution in [0, 0.1) is 6.92 Å². The van der Waals surface area contributed by atoms with Crippen molar-refractivity contribution in [3.05, 3.63) is 42.0 Å². The second kappa shape index (κ2) is 7.67. The highest BCUT2D eigenvalue weighted by Gasteiger charge is 2.32. The number of carbonyl (C=O) groups is 3. The third-order valence-electron chi connectivity index (χ3n) is 5.03. The molecule has 2 aliphatic rings. The summed E-state index contributed by atoms with van der Waals surface area (Å²) >= 11 is 0. The first-order valence-corrected chi connectivity index (χ1v) is 10.8. The molecular weight excluding hydrogens is 424 g/mol. The van der Waals surface area contributed by atoms with E-state index in [9.17, 15) is 22.8 Å². The topological polar surface area (TPSA) is 125 Å². The molecule has 162 valence electrons. The van der Waals surface area contributed by atoms with Gasteiger partial charge in [-0.25, -0.2) is 8.42 Å². The average Bonchev–Trinajstić information content (AvgIpc) is 2.72. The van der Waals surface area contributed by atoms with E-state index in [4.69, 9.17) is 4.74 Å². The van der Waals surface area contributed by atoms with Crippen molar-refractivity contribution >= 4 is 44.8 Å². The Balaban J connectivity index is 1.59. The van der Waals surface area contributed by atoms with E-state index in [0.717, 1.165) is 4.31 Å². The lowest BCUT2D eigenvalue weighted by molar-refractivity contribution is -0.121. The lowest BCUT2D eigenvalue weighted by Gasteiger charge is -2.30. The van der Waals surface area contributed by atoms with Crippen LogP contribution in [0.15, 0.2) is 41.3 Å². The third kappa shape index (κ3) is 3.84. The highest BCUT2D eigenvalue weighted by Crippen LogP contribution is 2.34. The van der Waals surface area contributed by atoms with Gasteiger partial charge in [0.25, 0.3) is 5.91 Å². The van der Waals surface area contributed by atoms with Crippen molar-refractivity contribution in [3.63, 3.8) is 0 Å². The van der Waals surface area contributed by atoms with Gasteiger partial charge >= 0.3 is 0 Å². The predicted octanol–water partition coefficient (Wildman–Crippen LogP) is 0.932. The van der Waals surface area contributed by atoms with E-state index in [0.29, 0.717) is 22.6 Å². The van der Waals surface area contributed by atoms with E-state index >= 15 is 0 Å². The quantitative estimate of drug-likeness (QED) is 0.723. The van der Waals surface area contributed by atoms with Gasteiger partial charge < -0.3 is 15.4 Å². The van der Waals surface area contributed by atoms with Crippen LogP contribution in [0.2, 0.25) is 0 Å². The van der Waals surface area contributed by atoms with Crippen LogP contribution in [-0.4, -0.2) is 57.2 Å². The van der Waals surface area contributed by atoms with Crippen LogP contribution in [0.4, 0.5) is 17.1 Å². The molecular formula is C20H20N4O6S. The van der Waals surface area contributed by atoms with Crippen molar-refractivity contribution in [2.24, 2.45) is 0 Å². The summed E-state index contributed by atoms with van der Waals surface area (Å²) in [6.45, 7) is 0.725. The summed E-state index contributed by atoms with van der Waals surface area (Å²) in [6, 6.07) is 9.66. The Kier molecular flexibility index (Phi) is 5.15. The number of benzene rings is 2. The number of sulfonamides is 1. The predicted molar refractivity (Wildman–Crippen MR) is 113 cm³/mol. The van der Waals surface area contributed by atoms with Crippen molar-refractivity contribution in [1.29, 1.82) is 0 Å². The molecule has 31 heavy (non-hydrogen) atoms. The zero-order valence-electron chi connectivity index (χ0n) is 16.8. The Morgan fingerprint density at radius 3 is 2.61 bits per heavy atom. The van der Waals surface area contributed by atoms with Gasteiger partial charge in [-0.2, -0.15) is 4.31 Å². The lowest BCUT2D eigenvalue weighted by Crippen LogP contribution is -2.47. The van der Waals surface area contributed by atoms with E-state index in [2.05, 4.69) is 10.6 Å². The van der Waals surface area contributed by atoms with Crippen molar-refractivity contribution in [2.45, 2.75) is 11.8 Å². The molecule has 2 N–H and O–H groups in total. The molecule has 0 aromatic heterocycles. The number of fused-ring (bicyclic) bond motifs is 2. The fourth-order valence-corrected chi connectivity index (χ4v) is 4.82. The van der Waals surface area contributed by atoms with Gasteiger partial charge in [-0.3, -0.25) is 19.3 Å². The fraction of sp³-hybridized carbons (Fsp3) is 0.250. The molecule has 0 saturated carbocycles. The summed E-state index contributed by atoms with van der Waals surface area (Å²) in [5.41, 5.74) is 1.78. The first kappa shape index (κ1) is 20.8. The maximum absolute atomic E-state index is 13.2. The highest BCUT2D eigenvalue weighted by molar-refractivity contribution is 7.89. The molecule has 2 heterocycles. The maximum Gasteiger partial charge on any atom is 0.262 e. The minimum Gasteiger partial charge on any atom is -0.482 e. The second-order valence-corrected chi connectivity index (χ2v) is 9.27. The van der Waals surface area contributed by atoms with Crippen molar-refractivity contribution < 1.29 is 27.5 Å². The summed E-state index contributed by atoms with van der Waals surface area (Å²) < 4.78 is 32.6. The first-order valence-electron chi connectivity index (χ1n) is 9.39. The summed E-state index contributed by atoms with van der Waals surface area (Å²) in [5.74, 6) is -0.976. The third-order valence-corrected chi connectivity index (χ3v) is 6.97. The SMILES string of the molecule is Cc1cc2c(cc1S(=O)(=O)N(C)CC(=O)N1CC(=O)Nc3ccccc31)OCC(=O)N2. The second-order valence-electron chi connectivity index (χ2n) is 7.26. The molecule has 0 unspecified atom stereocenters. The standard InChI is InChI=1S/C20H20N4O6S/c1-12-7-14-16(30-11-19(26)22-14)8-17(12)31(28,29)23(2)10-20(27)24-9-18(25)21-13-5-3-4-6-15(13)24/h3-8H,9-11H2,1-2H3,(H,21,25)(H,22,26). The molecule has 2 aromatic carbocycles. The number of ether oxygens (including phenoxy) is 1. The number of rotatable bonds is 4. The molecule has 2 aliphatic heterocycles. The van der Waals surface area contributed by atoms with E-state index in [-0.39, 0.29) is 35.6 Å². The minimum absolute atomic E-state index is 0.0329. The number of carbonyl (C=O) groups excluding carboxylic acids is 3. The number of nitrogens with one attached hydrogen (secondary N) is 2. The van der Waals surface area contributed by atoms with Crippen molar-refractivity contribution in [3.8, 4) is 5.75 Å². The molecule has 0 atom stereocenters. The molecule has 0 fully saturated rings. The van der Waals surface area contributed by atoms with Gasteiger partial charge in [-0.15, -0.1) is 0 Å². The normalized spacial score (nSPS) is 15.5. The molecule has 0 bridgehead atoms. The van der Waals surface area contributed by atoms with E-state index in [1.54, 1.807) is 31.2 Å². The number of nitrogens with zero attached hydrogens (tertiary/aromatic N) is 2. The minimum atomic E-state index is -4.05. The Labute approximate surface area is 178 Å². The Bertz CT molecular complexity index is 1210. The summed E-state index contributed by atoms with van der Waals surface area (Å²) in [6.07, 6.45) is 0. The largest absolute Gasteiger partial charge is 0.482 e. The number of aryl methyl sites for hydroxylation is 1. The number of hydrogen-bond acceptors (Lipinski definition) is 6. The number of amides is 3. The number of anilines is 3. The monoisotopic (exact) mass is 444 g/mol. The van der Waals surface area contributed by atoms with Crippen LogP contribution in [0.5, 0.6) is 5.75 Å². The molecule has 11 heteroatoms. The van der Waals surface area contributed by atoms with Crippen LogP contribution in [0.25, 0.3) is 0 Å². The number of hydrogen-bond donors (Lipinski definition) is 2. The van der Waals surface area contributed by atoms with Crippen molar-refractivity contribution in [2.75, 3.05) is 42.3 Å². The average molecular weight is 444 g/mol. The van der Waals surface area contributed by atoms with Crippen LogP contribution in [0.1, 0.15) is 5.56 Å². The summed E-state index contributed by atoms with van der Waals surface area (Å²) in [5, 5.41) is 5.31. The van der Waals surface area contributed by atoms with Gasteiger partial charge in [0.15, 0.2) is 6.61 Å². The Morgan fingerprint density at radius 2 is 1.84 bits per heavy atom. The van der Waals surface area contributed by atoms with Gasteiger partial charge in [0, 0.05) is 13.1 Å². The van der Waals surface area contributed by atoms with E-state index < -0.39 is 22.5 Å². The van der Waals surface area contributed by atoms with Gasteiger partial charge in [0.05, 0.1) is 28.5 Å². The molecule has 0 saturated heterocycles. The molecule has 0 radical (unpaired) electrons. The number of likely N-dealkylation sites (N-methyl/N-ethyl adjacent to an activating group) is 1. The lowest BCUT2D eigenvalue weighted by atomic mass is 10.2. The summed E-state index contributed by atoms with van der Waals surface area (Å²) in [7, 11) is -2.75.